The molecule has 6 heteroatoms. The predicted molar refractivity (Wildman–Crippen MR) is 75.9 cm³/mol. The Morgan fingerprint density at radius 3 is 2.65 bits per heavy atom. The lowest BCUT2D eigenvalue weighted by Crippen LogP contribution is -2.14. The van der Waals surface area contributed by atoms with Gasteiger partial charge in [-0.05, 0) is 40.0 Å². The van der Waals surface area contributed by atoms with Crippen molar-refractivity contribution in [2.45, 2.75) is 40.0 Å². The molecule has 0 aliphatic carbocycles. The van der Waals surface area contributed by atoms with E-state index < -0.39 is 5.97 Å². The van der Waals surface area contributed by atoms with Crippen molar-refractivity contribution in [2.75, 3.05) is 12.3 Å². The van der Waals surface area contributed by atoms with Crippen LogP contribution in [0, 0.1) is 23.7 Å². The van der Waals surface area contributed by atoms with Crippen LogP contribution in [0.3, 0.4) is 0 Å². The number of hydrogen-bond acceptors (Lipinski definition) is 5. The zero-order chi connectivity index (χ0) is 15.3. The Balaban J connectivity index is 2.40. The summed E-state index contributed by atoms with van der Waals surface area (Å²) in [6.45, 7) is 5.87. The first kappa shape index (κ1) is 16.0. The molecular weight excluding hydrogens is 256 g/mol. The number of carbonyl (C=O) groups is 1. The van der Waals surface area contributed by atoms with E-state index in [0.29, 0.717) is 23.7 Å². The van der Waals surface area contributed by atoms with Gasteiger partial charge in [-0.15, -0.1) is 0 Å². The van der Waals surface area contributed by atoms with Gasteiger partial charge >= 0.3 is 5.97 Å². The van der Waals surface area contributed by atoms with Crippen LogP contribution in [0.2, 0.25) is 0 Å². The van der Waals surface area contributed by atoms with Gasteiger partial charge in [-0.2, -0.15) is 10.4 Å². The molecule has 0 saturated carbocycles. The van der Waals surface area contributed by atoms with Gasteiger partial charge in [-0.25, -0.2) is 4.79 Å². The summed E-state index contributed by atoms with van der Waals surface area (Å²) < 4.78 is 6.63. The minimum atomic E-state index is -0.454. The molecule has 0 bridgehead atoms. The fourth-order valence-corrected chi connectivity index (χ4v) is 1.87. The fraction of sp³-hybridized carbons (Fsp3) is 0.643. The molecule has 110 valence electrons. The third-order valence-electron chi connectivity index (χ3n) is 3.19. The summed E-state index contributed by atoms with van der Waals surface area (Å²) >= 11 is 0. The molecule has 0 unspecified atom stereocenters. The van der Waals surface area contributed by atoms with E-state index in [0.717, 1.165) is 19.3 Å². The van der Waals surface area contributed by atoms with Crippen LogP contribution in [0.4, 0.5) is 5.69 Å². The van der Waals surface area contributed by atoms with Crippen molar-refractivity contribution in [1.82, 2.24) is 9.78 Å². The Bertz CT molecular complexity index is 526. The van der Waals surface area contributed by atoms with Crippen LogP contribution >= 0.6 is 0 Å². The number of anilines is 1. The highest BCUT2D eigenvalue weighted by Gasteiger charge is 2.19. The first-order chi connectivity index (χ1) is 9.28. The van der Waals surface area contributed by atoms with Crippen LogP contribution in [-0.2, 0) is 11.8 Å². The maximum absolute atomic E-state index is 11.9. The molecule has 2 N–H and O–H groups in total. The van der Waals surface area contributed by atoms with Gasteiger partial charge < -0.3 is 10.5 Å². The van der Waals surface area contributed by atoms with E-state index in [-0.39, 0.29) is 5.41 Å². The largest absolute Gasteiger partial charge is 0.461 e. The lowest BCUT2D eigenvalue weighted by Gasteiger charge is -2.14. The minimum absolute atomic E-state index is 0.292. The van der Waals surface area contributed by atoms with Crippen molar-refractivity contribution in [2.24, 2.45) is 12.5 Å². The van der Waals surface area contributed by atoms with Gasteiger partial charge in [0.05, 0.1) is 29.5 Å². The summed E-state index contributed by atoms with van der Waals surface area (Å²) in [4.78, 5) is 11.9. The van der Waals surface area contributed by atoms with Crippen molar-refractivity contribution in [3.8, 4) is 6.07 Å². The van der Waals surface area contributed by atoms with Crippen molar-refractivity contribution in [3.63, 3.8) is 0 Å². The normalized spacial score (nSPS) is 11.2. The molecule has 0 amide bonds. The Morgan fingerprint density at radius 1 is 1.50 bits per heavy atom. The maximum Gasteiger partial charge on any atom is 0.358 e. The molecule has 20 heavy (non-hydrogen) atoms. The summed E-state index contributed by atoms with van der Waals surface area (Å²) in [5.41, 5.74) is 6.74. The second kappa shape index (κ2) is 6.42. The molecule has 0 spiro atoms. The monoisotopic (exact) mass is 278 g/mol. The van der Waals surface area contributed by atoms with Gasteiger partial charge in [-0.3, -0.25) is 4.68 Å². The van der Waals surface area contributed by atoms with Crippen molar-refractivity contribution in [3.05, 3.63) is 11.4 Å². The van der Waals surface area contributed by atoms with Crippen molar-refractivity contribution in [1.29, 1.82) is 5.26 Å². The average Bonchev–Trinajstić information content (AvgIpc) is 2.62. The van der Waals surface area contributed by atoms with Crippen LogP contribution in [0.15, 0.2) is 0 Å². The summed E-state index contributed by atoms with van der Waals surface area (Å²) in [6.07, 6.45) is 2.36. The smallest absolute Gasteiger partial charge is 0.358 e. The van der Waals surface area contributed by atoms with E-state index in [2.05, 4.69) is 11.2 Å². The number of esters is 1. The topological polar surface area (TPSA) is 93.9 Å². The van der Waals surface area contributed by atoms with Gasteiger partial charge in [0.2, 0.25) is 0 Å². The molecule has 1 rings (SSSR count). The van der Waals surface area contributed by atoms with Gasteiger partial charge in [0.1, 0.15) is 0 Å². The first-order valence-corrected chi connectivity index (χ1v) is 6.66. The van der Waals surface area contributed by atoms with Crippen LogP contribution in [0.5, 0.6) is 0 Å². The van der Waals surface area contributed by atoms with Crippen molar-refractivity contribution < 1.29 is 9.53 Å². The van der Waals surface area contributed by atoms with Gasteiger partial charge in [0.15, 0.2) is 5.69 Å². The zero-order valence-corrected chi connectivity index (χ0v) is 12.6. The van der Waals surface area contributed by atoms with Gasteiger partial charge in [-0.1, -0.05) is 0 Å². The Kier molecular flexibility index (Phi) is 5.14. The van der Waals surface area contributed by atoms with E-state index in [9.17, 15) is 4.79 Å². The lowest BCUT2D eigenvalue weighted by molar-refractivity contribution is 0.0485. The maximum atomic E-state index is 11.9. The number of rotatable bonds is 6. The molecule has 0 aromatic carbocycles. The van der Waals surface area contributed by atoms with E-state index >= 15 is 0 Å². The van der Waals surface area contributed by atoms with Crippen LogP contribution in [-0.4, -0.2) is 22.4 Å². The van der Waals surface area contributed by atoms with Gasteiger partial charge in [0.25, 0.3) is 0 Å². The summed E-state index contributed by atoms with van der Waals surface area (Å²) in [7, 11) is 1.66. The highest BCUT2D eigenvalue weighted by molar-refractivity contribution is 5.93. The van der Waals surface area contributed by atoms with Gasteiger partial charge in [0, 0.05) is 7.05 Å². The minimum Gasteiger partial charge on any atom is -0.461 e. The second-order valence-electron chi connectivity index (χ2n) is 5.56. The SMILES string of the molecule is Cc1nn(C)c(C(=O)OCCCCC(C)(C)C#N)c1N. The average molecular weight is 278 g/mol. The van der Waals surface area contributed by atoms with Crippen LogP contribution in [0.25, 0.3) is 0 Å². The fourth-order valence-electron chi connectivity index (χ4n) is 1.87. The molecular formula is C14H22N4O2. The second-order valence-corrected chi connectivity index (χ2v) is 5.56. The molecule has 0 atom stereocenters. The lowest BCUT2D eigenvalue weighted by atomic mass is 9.89. The third-order valence-corrected chi connectivity index (χ3v) is 3.19. The van der Waals surface area contributed by atoms with E-state index in [4.69, 9.17) is 15.7 Å². The third kappa shape index (κ3) is 3.98. The highest BCUT2D eigenvalue weighted by atomic mass is 16.5. The molecule has 0 saturated heterocycles. The summed E-state index contributed by atoms with van der Waals surface area (Å²) in [5, 5.41) is 13.0. The number of hydrogen-bond donors (Lipinski definition) is 1. The number of nitrogens with zero attached hydrogens (tertiary/aromatic N) is 3. The van der Waals surface area contributed by atoms with Crippen molar-refractivity contribution >= 4 is 11.7 Å². The molecule has 1 aromatic heterocycles. The molecule has 1 aromatic rings. The van der Waals surface area contributed by atoms with E-state index in [1.807, 2.05) is 13.8 Å². The van der Waals surface area contributed by atoms with Crippen LogP contribution in [0.1, 0.15) is 49.3 Å². The Hall–Kier alpha value is -2.03. The summed E-state index contributed by atoms with van der Waals surface area (Å²) in [5.74, 6) is -0.454. The molecule has 0 aliphatic heterocycles. The molecule has 0 radical (unpaired) electrons. The summed E-state index contributed by atoms with van der Waals surface area (Å²) in [6, 6.07) is 2.25. The predicted octanol–water partition coefficient (Wildman–Crippen LogP) is 2.19. The molecule has 6 nitrogen and oxygen atoms in total. The number of carbonyl (C=O) groups excluding carboxylic acids is 1. The number of aromatic nitrogens is 2. The zero-order valence-electron chi connectivity index (χ0n) is 12.6. The molecule has 0 fully saturated rings. The van der Waals surface area contributed by atoms with E-state index in [1.165, 1.54) is 4.68 Å². The quantitative estimate of drug-likeness (QED) is 0.635. The molecule has 1 heterocycles. The van der Waals surface area contributed by atoms with E-state index in [1.54, 1.807) is 14.0 Å². The highest BCUT2D eigenvalue weighted by Crippen LogP contribution is 2.21. The number of nitrogen functional groups attached to an aromatic ring is 1. The van der Waals surface area contributed by atoms with Crippen LogP contribution < -0.4 is 5.73 Å². The molecule has 0 aliphatic rings. The standard InChI is InChI=1S/C14H22N4O2/c1-10-11(16)12(18(4)17-10)13(19)20-8-6-5-7-14(2,3)9-15/h5-8,16H2,1-4H3. The number of unbranched alkanes of at least 4 members (excludes halogenated alkanes) is 1. The first-order valence-electron chi connectivity index (χ1n) is 6.66. The number of aryl methyl sites for hydroxylation is 2. The Labute approximate surface area is 119 Å². The number of nitrogens with two attached hydrogens (primary N) is 1. The Morgan fingerprint density at radius 2 is 2.15 bits per heavy atom. The number of ether oxygens (including phenoxy) is 1. The number of nitriles is 1.